The Kier molecular flexibility index (Phi) is 4.57. The molecule has 0 aliphatic rings. The molecule has 2 heterocycles. The Balaban J connectivity index is 1.91. The van der Waals surface area contributed by atoms with Gasteiger partial charge in [0.1, 0.15) is 10.6 Å². The molecule has 0 spiro atoms. The van der Waals surface area contributed by atoms with Crippen LogP contribution in [0.15, 0.2) is 30.5 Å². The van der Waals surface area contributed by atoms with Crippen molar-refractivity contribution in [2.45, 2.75) is 33.2 Å². The lowest BCUT2D eigenvalue weighted by Crippen LogP contribution is -2.31. The van der Waals surface area contributed by atoms with E-state index >= 15 is 0 Å². The van der Waals surface area contributed by atoms with Crippen molar-refractivity contribution < 1.29 is 9.53 Å². The zero-order chi connectivity index (χ0) is 17.3. The number of aromatic nitrogens is 2. The highest BCUT2D eigenvalue weighted by Crippen LogP contribution is 2.28. The molecule has 1 N–H and O–H groups in total. The summed E-state index contributed by atoms with van der Waals surface area (Å²) in [4.78, 5) is 18.6. The third-order valence-corrected chi connectivity index (χ3v) is 5.29. The molecule has 3 rings (SSSR count). The maximum absolute atomic E-state index is 12.4. The number of aryl methyl sites for hydroxylation is 1. The Morgan fingerprint density at radius 3 is 2.67 bits per heavy atom. The zero-order valence-electron chi connectivity index (χ0n) is 14.3. The van der Waals surface area contributed by atoms with E-state index < -0.39 is 0 Å². The first kappa shape index (κ1) is 16.5. The van der Waals surface area contributed by atoms with Crippen molar-refractivity contribution >= 4 is 22.2 Å². The molecular formula is C18H21N3O2S. The van der Waals surface area contributed by atoms with Gasteiger partial charge >= 0.3 is 0 Å². The van der Waals surface area contributed by atoms with Crippen LogP contribution in [0.25, 0.3) is 16.2 Å². The Morgan fingerprint density at radius 2 is 2.08 bits per heavy atom. The van der Waals surface area contributed by atoms with E-state index in [1.54, 1.807) is 7.11 Å². The SMILES string of the molecule is CCC(C)NC(=O)c1sc2nc(-c3ccc(OC)cc3)cn2c1C. The van der Waals surface area contributed by atoms with Gasteiger partial charge in [0, 0.05) is 23.5 Å². The maximum atomic E-state index is 12.4. The average molecular weight is 343 g/mol. The van der Waals surface area contributed by atoms with Crippen LogP contribution in [0.5, 0.6) is 5.75 Å². The molecule has 1 atom stereocenters. The van der Waals surface area contributed by atoms with E-state index in [-0.39, 0.29) is 11.9 Å². The van der Waals surface area contributed by atoms with Gasteiger partial charge in [-0.15, -0.1) is 0 Å². The van der Waals surface area contributed by atoms with Gasteiger partial charge in [-0.1, -0.05) is 18.3 Å². The molecule has 0 saturated heterocycles. The summed E-state index contributed by atoms with van der Waals surface area (Å²) in [5.74, 6) is 0.795. The summed E-state index contributed by atoms with van der Waals surface area (Å²) in [5.41, 5.74) is 2.83. The molecule has 24 heavy (non-hydrogen) atoms. The quantitative estimate of drug-likeness (QED) is 0.764. The third kappa shape index (κ3) is 3.01. The van der Waals surface area contributed by atoms with Gasteiger partial charge in [-0.3, -0.25) is 9.20 Å². The summed E-state index contributed by atoms with van der Waals surface area (Å²) in [6.45, 7) is 6.02. The van der Waals surface area contributed by atoms with Crippen molar-refractivity contribution in [2.24, 2.45) is 0 Å². The summed E-state index contributed by atoms with van der Waals surface area (Å²) in [6.07, 6.45) is 2.89. The number of nitrogens with one attached hydrogen (secondary N) is 1. The van der Waals surface area contributed by atoms with Crippen LogP contribution in [0.2, 0.25) is 0 Å². The van der Waals surface area contributed by atoms with Crippen LogP contribution in [-0.4, -0.2) is 28.4 Å². The van der Waals surface area contributed by atoms with E-state index in [1.165, 1.54) is 11.3 Å². The molecule has 1 amide bonds. The largest absolute Gasteiger partial charge is 0.497 e. The van der Waals surface area contributed by atoms with Crippen molar-refractivity contribution in [2.75, 3.05) is 7.11 Å². The molecule has 0 saturated carbocycles. The number of fused-ring (bicyclic) bond motifs is 1. The van der Waals surface area contributed by atoms with Crippen LogP contribution in [0.3, 0.4) is 0 Å². The lowest BCUT2D eigenvalue weighted by Gasteiger charge is -2.10. The maximum Gasteiger partial charge on any atom is 0.263 e. The number of ether oxygens (including phenoxy) is 1. The van der Waals surface area contributed by atoms with E-state index in [1.807, 2.05) is 48.7 Å². The summed E-state index contributed by atoms with van der Waals surface area (Å²) in [6, 6.07) is 7.97. The number of hydrogen-bond acceptors (Lipinski definition) is 4. The molecule has 5 nitrogen and oxygen atoms in total. The first-order valence-corrected chi connectivity index (χ1v) is 8.79. The van der Waals surface area contributed by atoms with E-state index in [2.05, 4.69) is 17.2 Å². The number of amides is 1. The molecule has 126 valence electrons. The van der Waals surface area contributed by atoms with Crippen molar-refractivity contribution in [3.8, 4) is 17.0 Å². The van der Waals surface area contributed by atoms with Crippen molar-refractivity contribution in [1.82, 2.24) is 14.7 Å². The summed E-state index contributed by atoms with van der Waals surface area (Å²) >= 11 is 1.42. The van der Waals surface area contributed by atoms with Gasteiger partial charge < -0.3 is 10.1 Å². The van der Waals surface area contributed by atoms with Gasteiger partial charge in [0.25, 0.3) is 5.91 Å². The standard InChI is InChI=1S/C18H21N3O2S/c1-5-11(2)19-17(22)16-12(3)21-10-15(20-18(21)24-16)13-6-8-14(23-4)9-7-13/h6-11H,5H2,1-4H3,(H,19,22). The predicted molar refractivity (Wildman–Crippen MR) is 97.0 cm³/mol. The number of rotatable bonds is 5. The molecule has 2 aromatic heterocycles. The molecule has 6 heteroatoms. The van der Waals surface area contributed by atoms with Crippen molar-refractivity contribution in [3.63, 3.8) is 0 Å². The van der Waals surface area contributed by atoms with Crippen LogP contribution < -0.4 is 10.1 Å². The summed E-state index contributed by atoms with van der Waals surface area (Å²) < 4.78 is 7.16. The fourth-order valence-electron chi connectivity index (χ4n) is 2.45. The minimum Gasteiger partial charge on any atom is -0.497 e. The van der Waals surface area contributed by atoms with E-state index in [0.29, 0.717) is 0 Å². The monoisotopic (exact) mass is 343 g/mol. The van der Waals surface area contributed by atoms with Crippen LogP contribution in [0.1, 0.15) is 35.6 Å². The number of benzene rings is 1. The normalized spacial score (nSPS) is 12.3. The van der Waals surface area contributed by atoms with E-state index in [4.69, 9.17) is 4.74 Å². The Hall–Kier alpha value is -2.34. The number of methoxy groups -OCH3 is 1. The zero-order valence-corrected chi connectivity index (χ0v) is 15.1. The molecular weight excluding hydrogens is 322 g/mol. The topological polar surface area (TPSA) is 55.6 Å². The summed E-state index contributed by atoms with van der Waals surface area (Å²) in [5, 5.41) is 3.01. The second-order valence-corrected chi connectivity index (χ2v) is 6.78. The van der Waals surface area contributed by atoms with Gasteiger partial charge in [-0.05, 0) is 44.5 Å². The average Bonchev–Trinajstić information content (AvgIpc) is 3.14. The van der Waals surface area contributed by atoms with Gasteiger partial charge in [0.2, 0.25) is 0 Å². The molecule has 1 aromatic carbocycles. The van der Waals surface area contributed by atoms with Gasteiger partial charge in [0.05, 0.1) is 12.8 Å². The Labute approximate surface area is 145 Å². The second kappa shape index (κ2) is 6.65. The Bertz CT molecular complexity index is 864. The fourth-order valence-corrected chi connectivity index (χ4v) is 3.47. The van der Waals surface area contributed by atoms with Gasteiger partial charge in [-0.25, -0.2) is 4.98 Å². The number of nitrogens with zero attached hydrogens (tertiary/aromatic N) is 2. The molecule has 0 aliphatic carbocycles. The number of carbonyl (C=O) groups excluding carboxylic acids is 1. The molecule has 0 radical (unpaired) electrons. The van der Waals surface area contributed by atoms with Crippen molar-refractivity contribution in [1.29, 1.82) is 0 Å². The third-order valence-electron chi connectivity index (χ3n) is 4.14. The van der Waals surface area contributed by atoms with Gasteiger partial charge in [-0.2, -0.15) is 0 Å². The number of carbonyl (C=O) groups is 1. The van der Waals surface area contributed by atoms with Crippen LogP contribution >= 0.6 is 11.3 Å². The van der Waals surface area contributed by atoms with Crippen LogP contribution in [-0.2, 0) is 0 Å². The summed E-state index contributed by atoms with van der Waals surface area (Å²) in [7, 11) is 1.65. The van der Waals surface area contributed by atoms with Crippen LogP contribution in [0, 0.1) is 6.92 Å². The smallest absolute Gasteiger partial charge is 0.263 e. The number of imidazole rings is 1. The molecule has 0 aliphatic heterocycles. The number of hydrogen-bond donors (Lipinski definition) is 1. The van der Waals surface area contributed by atoms with Crippen LogP contribution in [0.4, 0.5) is 0 Å². The van der Waals surface area contributed by atoms with Crippen molar-refractivity contribution in [3.05, 3.63) is 41.0 Å². The lowest BCUT2D eigenvalue weighted by atomic mass is 10.2. The lowest BCUT2D eigenvalue weighted by molar-refractivity contribution is 0.0942. The minimum absolute atomic E-state index is 0.0247. The highest BCUT2D eigenvalue weighted by molar-refractivity contribution is 7.19. The molecule has 1 unspecified atom stereocenters. The fraction of sp³-hybridized carbons (Fsp3) is 0.333. The first-order chi connectivity index (χ1) is 11.5. The van der Waals surface area contributed by atoms with Gasteiger partial charge in [0.15, 0.2) is 4.96 Å². The first-order valence-electron chi connectivity index (χ1n) is 7.97. The number of thiazole rings is 1. The highest BCUT2D eigenvalue weighted by atomic mass is 32.1. The van der Waals surface area contributed by atoms with E-state index in [0.717, 1.165) is 39.0 Å². The van der Waals surface area contributed by atoms with E-state index in [9.17, 15) is 4.79 Å². The predicted octanol–water partition coefficient (Wildman–Crippen LogP) is 3.91. The second-order valence-electron chi connectivity index (χ2n) is 5.81. The highest BCUT2D eigenvalue weighted by Gasteiger charge is 2.19. The molecule has 0 bridgehead atoms. The Morgan fingerprint density at radius 1 is 1.38 bits per heavy atom. The minimum atomic E-state index is -0.0247. The molecule has 0 fully saturated rings. The molecule has 3 aromatic rings.